The number of aromatic nitrogens is 1. The van der Waals surface area contributed by atoms with Gasteiger partial charge in [0.1, 0.15) is 5.82 Å². The largest absolute Gasteiger partial charge is 0.362 e. The summed E-state index contributed by atoms with van der Waals surface area (Å²) in [7, 11) is 3.88. The van der Waals surface area contributed by atoms with Crippen LogP contribution in [0.3, 0.4) is 0 Å². The number of amides is 3. The second-order valence-electron chi connectivity index (χ2n) is 7.36. The molecule has 0 spiro atoms. The maximum atomic E-state index is 12.6. The van der Waals surface area contributed by atoms with Gasteiger partial charge in [-0.25, -0.2) is 9.78 Å². The van der Waals surface area contributed by atoms with Crippen LogP contribution < -0.4 is 10.2 Å². The molecule has 7 heteroatoms. The highest BCUT2D eigenvalue weighted by Crippen LogP contribution is 2.20. The second-order valence-corrected chi connectivity index (χ2v) is 7.36. The maximum absolute atomic E-state index is 12.6. The zero-order valence-electron chi connectivity index (χ0n) is 15.8. The normalized spacial score (nSPS) is 20.2. The third-order valence-electron chi connectivity index (χ3n) is 5.18. The maximum Gasteiger partial charge on any atom is 0.320 e. The van der Waals surface area contributed by atoms with Gasteiger partial charge < -0.3 is 20.0 Å². The molecule has 0 unspecified atom stereocenters. The van der Waals surface area contributed by atoms with Gasteiger partial charge in [-0.05, 0) is 31.7 Å². The van der Waals surface area contributed by atoms with Gasteiger partial charge in [0.05, 0.1) is 5.92 Å². The van der Waals surface area contributed by atoms with Crippen molar-refractivity contribution in [1.29, 1.82) is 0 Å². The highest BCUT2D eigenvalue weighted by Gasteiger charge is 2.31. The van der Waals surface area contributed by atoms with Crippen LogP contribution in [0, 0.1) is 5.92 Å². The Labute approximate surface area is 155 Å². The molecule has 1 aromatic heterocycles. The average Bonchev–Trinajstić information content (AvgIpc) is 3.20. The summed E-state index contributed by atoms with van der Waals surface area (Å²) in [4.78, 5) is 35.3. The third-order valence-corrected chi connectivity index (χ3v) is 5.18. The molecule has 2 aliphatic heterocycles. The Morgan fingerprint density at radius 2 is 1.92 bits per heavy atom. The lowest BCUT2D eigenvalue weighted by molar-refractivity contribution is -0.126. The second kappa shape index (κ2) is 8.38. The van der Waals surface area contributed by atoms with E-state index in [1.165, 1.54) is 0 Å². The van der Waals surface area contributed by atoms with E-state index in [0.717, 1.165) is 56.7 Å². The Bertz CT molecular complexity index is 643. The Morgan fingerprint density at radius 1 is 1.19 bits per heavy atom. The lowest BCUT2D eigenvalue weighted by Crippen LogP contribution is -2.49. The van der Waals surface area contributed by atoms with Gasteiger partial charge in [-0.2, -0.15) is 0 Å². The van der Waals surface area contributed by atoms with Gasteiger partial charge in [-0.3, -0.25) is 4.79 Å². The first kappa shape index (κ1) is 18.5. The van der Waals surface area contributed by atoms with Crippen LogP contribution in [-0.4, -0.2) is 67.0 Å². The fourth-order valence-electron chi connectivity index (χ4n) is 3.77. The minimum Gasteiger partial charge on any atom is -0.362 e. The van der Waals surface area contributed by atoms with E-state index in [4.69, 9.17) is 0 Å². The minimum atomic E-state index is -0.130. The predicted octanol–water partition coefficient (Wildman–Crippen LogP) is 1.69. The number of likely N-dealkylation sites (tertiary alicyclic amines) is 2. The first-order valence-corrected chi connectivity index (χ1v) is 9.49. The predicted molar refractivity (Wildman–Crippen MR) is 101 cm³/mol. The molecule has 7 nitrogen and oxygen atoms in total. The molecule has 2 aliphatic rings. The third kappa shape index (κ3) is 4.26. The summed E-state index contributed by atoms with van der Waals surface area (Å²) in [5.41, 5.74) is 0.992. The van der Waals surface area contributed by atoms with Crippen LogP contribution >= 0.6 is 0 Å². The lowest BCUT2D eigenvalue weighted by Gasteiger charge is -2.34. The minimum absolute atomic E-state index is 0.0254. The van der Waals surface area contributed by atoms with Crippen molar-refractivity contribution in [2.24, 2.45) is 5.92 Å². The molecular formula is C19H29N5O2. The summed E-state index contributed by atoms with van der Waals surface area (Å²) in [6, 6.07) is 3.96. The monoisotopic (exact) mass is 359 g/mol. The number of carbonyl (C=O) groups excluding carboxylic acids is 2. The molecule has 3 amide bonds. The van der Waals surface area contributed by atoms with E-state index in [-0.39, 0.29) is 17.9 Å². The molecule has 0 saturated carbocycles. The lowest BCUT2D eigenvalue weighted by atomic mass is 9.97. The summed E-state index contributed by atoms with van der Waals surface area (Å²) < 4.78 is 0. The van der Waals surface area contributed by atoms with Crippen LogP contribution in [0.25, 0.3) is 0 Å². The molecule has 2 fully saturated rings. The van der Waals surface area contributed by atoms with Crippen LogP contribution in [0.5, 0.6) is 0 Å². The van der Waals surface area contributed by atoms with Gasteiger partial charge in [0, 0.05) is 58.6 Å². The van der Waals surface area contributed by atoms with E-state index in [1.807, 2.05) is 40.9 Å². The van der Waals surface area contributed by atoms with Crippen molar-refractivity contribution in [1.82, 2.24) is 20.1 Å². The number of pyridine rings is 1. The average molecular weight is 359 g/mol. The zero-order valence-corrected chi connectivity index (χ0v) is 15.8. The SMILES string of the molecule is CN(C)c1ncccc1CNC(=O)[C@H]1CCCN(C(=O)N2CCCC2)C1. The first-order valence-electron chi connectivity index (χ1n) is 9.49. The number of piperidine rings is 1. The standard InChI is InChI=1S/C19H29N5O2/c1-22(2)17-15(7-5-9-20-17)13-21-18(25)16-8-6-12-24(14-16)19(26)23-10-3-4-11-23/h5,7,9,16H,3-4,6,8,10-14H2,1-2H3,(H,21,25)/t16-/m0/s1. The fourth-order valence-corrected chi connectivity index (χ4v) is 3.77. The zero-order chi connectivity index (χ0) is 18.5. The molecule has 1 N–H and O–H groups in total. The molecular weight excluding hydrogens is 330 g/mol. The first-order chi connectivity index (χ1) is 12.6. The van der Waals surface area contributed by atoms with Crippen molar-refractivity contribution in [3.05, 3.63) is 23.9 Å². The van der Waals surface area contributed by atoms with E-state index in [9.17, 15) is 9.59 Å². The van der Waals surface area contributed by atoms with Gasteiger partial charge >= 0.3 is 6.03 Å². The Balaban J connectivity index is 1.55. The van der Waals surface area contributed by atoms with Crippen molar-refractivity contribution in [2.45, 2.75) is 32.2 Å². The smallest absolute Gasteiger partial charge is 0.320 e. The highest BCUT2D eigenvalue weighted by molar-refractivity contribution is 5.81. The number of nitrogens with one attached hydrogen (secondary N) is 1. The van der Waals surface area contributed by atoms with E-state index < -0.39 is 0 Å². The van der Waals surface area contributed by atoms with Crippen molar-refractivity contribution < 1.29 is 9.59 Å². The van der Waals surface area contributed by atoms with Crippen LogP contribution in [0.4, 0.5) is 10.6 Å². The number of rotatable bonds is 4. The molecule has 0 radical (unpaired) electrons. The van der Waals surface area contributed by atoms with E-state index in [2.05, 4.69) is 10.3 Å². The summed E-state index contributed by atoms with van der Waals surface area (Å²) >= 11 is 0. The summed E-state index contributed by atoms with van der Waals surface area (Å²) in [5.74, 6) is 0.759. The van der Waals surface area contributed by atoms with Crippen molar-refractivity contribution in [3.8, 4) is 0 Å². The molecule has 0 aliphatic carbocycles. The molecule has 1 aromatic rings. The number of hydrogen-bond acceptors (Lipinski definition) is 4. The van der Waals surface area contributed by atoms with Crippen molar-refractivity contribution >= 4 is 17.8 Å². The van der Waals surface area contributed by atoms with Crippen LogP contribution in [-0.2, 0) is 11.3 Å². The number of anilines is 1. The molecule has 3 heterocycles. The number of nitrogens with zero attached hydrogens (tertiary/aromatic N) is 4. The van der Waals surface area contributed by atoms with E-state index in [1.54, 1.807) is 6.20 Å². The van der Waals surface area contributed by atoms with Crippen molar-refractivity contribution in [2.75, 3.05) is 45.2 Å². The van der Waals surface area contributed by atoms with Gasteiger partial charge in [0.25, 0.3) is 0 Å². The number of carbonyl (C=O) groups is 2. The number of urea groups is 1. The summed E-state index contributed by atoms with van der Waals surface area (Å²) in [6.45, 7) is 3.43. The van der Waals surface area contributed by atoms with Crippen LogP contribution in [0.1, 0.15) is 31.2 Å². The molecule has 2 saturated heterocycles. The Morgan fingerprint density at radius 3 is 2.65 bits per heavy atom. The number of hydrogen-bond donors (Lipinski definition) is 1. The van der Waals surface area contributed by atoms with Gasteiger partial charge in [0.15, 0.2) is 0 Å². The fraction of sp³-hybridized carbons (Fsp3) is 0.632. The quantitative estimate of drug-likeness (QED) is 0.888. The van der Waals surface area contributed by atoms with E-state index >= 15 is 0 Å². The summed E-state index contributed by atoms with van der Waals surface area (Å²) in [6.07, 6.45) is 5.64. The van der Waals surface area contributed by atoms with E-state index in [0.29, 0.717) is 13.1 Å². The molecule has 142 valence electrons. The topological polar surface area (TPSA) is 68.8 Å². The van der Waals surface area contributed by atoms with Crippen molar-refractivity contribution in [3.63, 3.8) is 0 Å². The molecule has 0 bridgehead atoms. The van der Waals surface area contributed by atoms with Crippen LogP contribution in [0.15, 0.2) is 18.3 Å². The van der Waals surface area contributed by atoms with Gasteiger partial charge in [-0.1, -0.05) is 6.07 Å². The van der Waals surface area contributed by atoms with Gasteiger partial charge in [0.2, 0.25) is 5.91 Å². The molecule has 26 heavy (non-hydrogen) atoms. The molecule has 3 rings (SSSR count). The highest BCUT2D eigenvalue weighted by atomic mass is 16.2. The molecule has 1 atom stereocenters. The molecule has 0 aromatic carbocycles. The van der Waals surface area contributed by atoms with Crippen LogP contribution in [0.2, 0.25) is 0 Å². The summed E-state index contributed by atoms with van der Waals surface area (Å²) in [5, 5.41) is 3.04. The Hall–Kier alpha value is -2.31. The van der Waals surface area contributed by atoms with Gasteiger partial charge in [-0.15, -0.1) is 0 Å². The Kier molecular flexibility index (Phi) is 5.96.